The molecule has 0 saturated carbocycles. The molecule has 0 radical (unpaired) electrons. The molecule has 0 bridgehead atoms. The Morgan fingerprint density at radius 3 is 2.18 bits per heavy atom. The van der Waals surface area contributed by atoms with Crippen LogP contribution in [-0.4, -0.2) is 74.4 Å². The Hall–Kier alpha value is -2.89. The largest absolute Gasteiger partial charge is 0.479 e. The number of carboxylic acids is 1. The standard InChI is InChI=1S/C12H9NO2.C6H10O7/c13-12(15)11-9(7-14)6-5-8-3-1-2-4-10(8)11;7-1-2(8)4(5(10)11)13-6(12)3(1)9/h1-7H,(H2,13,15);1-4,6-9,12H,(H,10,11)/t;1-,2-,3+,4-,6+/m.0/s1. The van der Waals surface area contributed by atoms with Crippen molar-refractivity contribution >= 4 is 28.9 Å². The van der Waals surface area contributed by atoms with Crippen molar-refractivity contribution in [3.05, 3.63) is 47.5 Å². The fraction of sp³-hybridized carbons (Fsp3) is 0.278. The highest BCUT2D eigenvalue weighted by atomic mass is 16.6. The molecule has 7 N–H and O–H groups in total. The minimum absolute atomic E-state index is 0.295. The second kappa shape index (κ2) is 8.87. The fourth-order valence-electron chi connectivity index (χ4n) is 2.73. The van der Waals surface area contributed by atoms with E-state index >= 15 is 0 Å². The van der Waals surface area contributed by atoms with Gasteiger partial charge in [-0.1, -0.05) is 36.4 Å². The van der Waals surface area contributed by atoms with Crippen LogP contribution in [-0.2, 0) is 9.53 Å². The summed E-state index contributed by atoms with van der Waals surface area (Å²) < 4.78 is 4.34. The average molecular weight is 393 g/mol. The fourth-order valence-corrected chi connectivity index (χ4v) is 2.73. The monoisotopic (exact) mass is 393 g/mol. The summed E-state index contributed by atoms with van der Waals surface area (Å²) in [5, 5.41) is 46.0. The molecule has 2 aromatic rings. The molecule has 1 fully saturated rings. The van der Waals surface area contributed by atoms with E-state index in [-0.39, 0.29) is 0 Å². The molecule has 2 aromatic carbocycles. The Balaban J connectivity index is 0.000000203. The Labute approximate surface area is 158 Å². The molecule has 1 amide bonds. The number of aliphatic hydroxyl groups excluding tert-OH is 4. The molecule has 0 spiro atoms. The van der Waals surface area contributed by atoms with Crippen LogP contribution in [0.5, 0.6) is 0 Å². The highest BCUT2D eigenvalue weighted by Gasteiger charge is 2.46. The summed E-state index contributed by atoms with van der Waals surface area (Å²) >= 11 is 0. The van der Waals surface area contributed by atoms with Crippen LogP contribution in [0.4, 0.5) is 0 Å². The first-order valence-electron chi connectivity index (χ1n) is 8.06. The molecule has 0 aromatic heterocycles. The van der Waals surface area contributed by atoms with E-state index < -0.39 is 42.6 Å². The van der Waals surface area contributed by atoms with E-state index in [2.05, 4.69) is 4.74 Å². The number of carboxylic acid groups (broad SMARTS) is 1. The summed E-state index contributed by atoms with van der Waals surface area (Å²) in [6, 6.07) is 10.7. The van der Waals surface area contributed by atoms with Crippen molar-refractivity contribution in [1.29, 1.82) is 0 Å². The molecule has 0 aliphatic carbocycles. The van der Waals surface area contributed by atoms with Crippen molar-refractivity contribution < 1.29 is 44.7 Å². The lowest BCUT2D eigenvalue weighted by Crippen LogP contribution is -2.59. The third kappa shape index (κ3) is 4.32. The molecule has 5 atom stereocenters. The van der Waals surface area contributed by atoms with Gasteiger partial charge in [0, 0.05) is 5.56 Å². The summed E-state index contributed by atoms with van der Waals surface area (Å²) in [6.45, 7) is 0. The van der Waals surface area contributed by atoms with Gasteiger partial charge in [-0.05, 0) is 10.8 Å². The van der Waals surface area contributed by atoms with Crippen molar-refractivity contribution in [2.24, 2.45) is 5.73 Å². The number of primary amides is 1. The van der Waals surface area contributed by atoms with Gasteiger partial charge in [0.2, 0.25) is 5.91 Å². The minimum Gasteiger partial charge on any atom is -0.479 e. The molecule has 0 unspecified atom stereocenters. The smallest absolute Gasteiger partial charge is 0.335 e. The number of amides is 1. The number of benzene rings is 2. The molecule has 1 saturated heterocycles. The molecule has 1 aliphatic rings. The van der Waals surface area contributed by atoms with Crippen LogP contribution in [0.3, 0.4) is 0 Å². The maximum Gasteiger partial charge on any atom is 0.335 e. The van der Waals surface area contributed by atoms with E-state index in [4.69, 9.17) is 31.3 Å². The van der Waals surface area contributed by atoms with Gasteiger partial charge in [0.05, 0.1) is 5.56 Å². The van der Waals surface area contributed by atoms with E-state index in [1.54, 1.807) is 18.2 Å². The third-order valence-corrected chi connectivity index (χ3v) is 4.17. The molecule has 1 aliphatic heterocycles. The second-order valence-electron chi connectivity index (χ2n) is 5.99. The molecule has 150 valence electrons. The van der Waals surface area contributed by atoms with E-state index in [0.717, 1.165) is 10.8 Å². The van der Waals surface area contributed by atoms with Gasteiger partial charge in [-0.15, -0.1) is 0 Å². The van der Waals surface area contributed by atoms with E-state index in [9.17, 15) is 14.4 Å². The number of carbonyl (C=O) groups excluding carboxylic acids is 2. The van der Waals surface area contributed by atoms with Gasteiger partial charge in [-0.2, -0.15) is 0 Å². The summed E-state index contributed by atoms with van der Waals surface area (Å²) in [5.74, 6) is -2.09. The number of aldehydes is 1. The van der Waals surface area contributed by atoms with Gasteiger partial charge in [0.15, 0.2) is 18.7 Å². The number of hydrogen-bond donors (Lipinski definition) is 6. The second-order valence-corrected chi connectivity index (χ2v) is 5.99. The number of aliphatic carboxylic acids is 1. The summed E-state index contributed by atoms with van der Waals surface area (Å²) in [5.41, 5.74) is 5.89. The van der Waals surface area contributed by atoms with Crippen LogP contribution >= 0.6 is 0 Å². The maximum absolute atomic E-state index is 11.3. The predicted octanol–water partition coefficient (Wildman–Crippen LogP) is -1.38. The molecule has 1 heterocycles. The molecule has 10 nitrogen and oxygen atoms in total. The molecular formula is C18H19NO9. The maximum atomic E-state index is 11.3. The van der Waals surface area contributed by atoms with Crippen LogP contribution < -0.4 is 5.73 Å². The molecule has 3 rings (SSSR count). The van der Waals surface area contributed by atoms with Gasteiger partial charge in [0.25, 0.3) is 0 Å². The number of hydrogen-bond acceptors (Lipinski definition) is 8. The van der Waals surface area contributed by atoms with Crippen LogP contribution in [0.15, 0.2) is 36.4 Å². The van der Waals surface area contributed by atoms with E-state index in [1.165, 1.54) is 0 Å². The molecule has 10 heteroatoms. The van der Waals surface area contributed by atoms with E-state index in [0.29, 0.717) is 17.4 Å². The zero-order chi connectivity index (χ0) is 21.0. The lowest BCUT2D eigenvalue weighted by Gasteiger charge is -2.36. The summed E-state index contributed by atoms with van der Waals surface area (Å²) in [7, 11) is 0. The number of nitrogens with two attached hydrogens (primary N) is 1. The Bertz CT molecular complexity index is 884. The topological polar surface area (TPSA) is 188 Å². The first-order chi connectivity index (χ1) is 13.2. The van der Waals surface area contributed by atoms with Gasteiger partial charge in [-0.3, -0.25) is 9.59 Å². The van der Waals surface area contributed by atoms with Crippen molar-refractivity contribution in [3.63, 3.8) is 0 Å². The highest BCUT2D eigenvalue weighted by molar-refractivity contribution is 6.11. The zero-order valence-electron chi connectivity index (χ0n) is 14.4. The Morgan fingerprint density at radius 1 is 0.964 bits per heavy atom. The Morgan fingerprint density at radius 2 is 1.61 bits per heavy atom. The molecular weight excluding hydrogens is 374 g/mol. The zero-order valence-corrected chi connectivity index (χ0v) is 14.4. The quantitative estimate of drug-likeness (QED) is 0.342. The number of ether oxygens (including phenoxy) is 1. The normalized spacial score (nSPS) is 26.8. The Kier molecular flexibility index (Phi) is 6.78. The lowest BCUT2D eigenvalue weighted by atomic mass is 9.99. The summed E-state index contributed by atoms with van der Waals surface area (Å²) in [4.78, 5) is 32.4. The van der Waals surface area contributed by atoms with Gasteiger partial charge in [-0.25, -0.2) is 4.79 Å². The number of rotatable bonds is 3. The number of carbonyl (C=O) groups is 3. The van der Waals surface area contributed by atoms with Crippen LogP contribution in [0.1, 0.15) is 20.7 Å². The van der Waals surface area contributed by atoms with Crippen molar-refractivity contribution in [3.8, 4) is 0 Å². The van der Waals surface area contributed by atoms with Gasteiger partial charge >= 0.3 is 5.97 Å². The first kappa shape index (κ1) is 21.4. The van der Waals surface area contributed by atoms with Crippen molar-refractivity contribution in [1.82, 2.24) is 0 Å². The number of fused-ring (bicyclic) bond motifs is 1. The average Bonchev–Trinajstić information content (AvgIpc) is 2.68. The third-order valence-electron chi connectivity index (χ3n) is 4.17. The SMILES string of the molecule is NC(=O)c1c(C=O)ccc2ccccc12.O=C(O)[C@H]1O[C@@H](O)[C@H](O)[C@@H](O)[C@@H]1O. The van der Waals surface area contributed by atoms with Crippen molar-refractivity contribution in [2.75, 3.05) is 0 Å². The first-order valence-corrected chi connectivity index (χ1v) is 8.06. The number of aliphatic hydroxyl groups is 4. The highest BCUT2D eigenvalue weighted by Crippen LogP contribution is 2.21. The van der Waals surface area contributed by atoms with Crippen molar-refractivity contribution in [2.45, 2.75) is 30.7 Å². The van der Waals surface area contributed by atoms with Gasteiger partial charge in [0.1, 0.15) is 18.3 Å². The predicted molar refractivity (Wildman–Crippen MR) is 94.4 cm³/mol. The summed E-state index contributed by atoms with van der Waals surface area (Å²) in [6.07, 6.45) is -8.08. The van der Waals surface area contributed by atoms with Crippen LogP contribution in [0.25, 0.3) is 10.8 Å². The molecule has 28 heavy (non-hydrogen) atoms. The van der Waals surface area contributed by atoms with Gasteiger partial charge < -0.3 is 36.0 Å². The lowest BCUT2D eigenvalue weighted by molar-refractivity contribution is -0.279. The van der Waals surface area contributed by atoms with Crippen LogP contribution in [0, 0.1) is 0 Å². The van der Waals surface area contributed by atoms with E-state index in [1.807, 2.05) is 18.2 Å². The van der Waals surface area contributed by atoms with Crippen LogP contribution in [0.2, 0.25) is 0 Å². The minimum atomic E-state index is -1.81.